The molecule has 0 saturated heterocycles. The molecule has 6 nitrogen and oxygen atoms in total. The maximum atomic E-state index is 11.5. The fourth-order valence-electron chi connectivity index (χ4n) is 1.69. The molecule has 1 aliphatic heterocycles. The van der Waals surface area contributed by atoms with E-state index in [-0.39, 0.29) is 12.8 Å². The maximum absolute atomic E-state index is 11.5. The molecule has 0 spiro atoms. The predicted octanol–water partition coefficient (Wildman–Crippen LogP) is 0.776. The van der Waals surface area contributed by atoms with Gasteiger partial charge in [0.2, 0.25) is 6.79 Å². The number of amides is 2. The molecule has 0 aromatic heterocycles. The van der Waals surface area contributed by atoms with E-state index < -0.39 is 0 Å². The van der Waals surface area contributed by atoms with E-state index in [4.69, 9.17) is 9.47 Å². The number of likely N-dealkylation sites (N-methyl/N-ethyl adjacent to an activating group) is 1. The molecule has 104 valence electrons. The lowest BCUT2D eigenvalue weighted by Gasteiger charge is -2.11. The van der Waals surface area contributed by atoms with Gasteiger partial charge >= 0.3 is 6.03 Å². The molecular weight excluding hydrogens is 246 g/mol. The fraction of sp³-hybridized carbons (Fsp3) is 0.462. The standard InChI is InChI=1S/C13H19N3O3/c1-16(2)6-5-14-13(17)15-8-10-3-4-11-12(7-10)19-9-18-11/h3-4,7H,5-6,8-9H2,1-2H3,(H2,14,15,17). The van der Waals surface area contributed by atoms with E-state index in [1.807, 2.05) is 37.2 Å². The van der Waals surface area contributed by atoms with Crippen molar-refractivity contribution in [2.24, 2.45) is 0 Å². The smallest absolute Gasteiger partial charge is 0.315 e. The molecule has 0 aliphatic carbocycles. The van der Waals surface area contributed by atoms with E-state index in [0.717, 1.165) is 23.6 Å². The Balaban J connectivity index is 1.74. The van der Waals surface area contributed by atoms with Crippen molar-refractivity contribution in [1.82, 2.24) is 15.5 Å². The van der Waals surface area contributed by atoms with Gasteiger partial charge in [0.1, 0.15) is 0 Å². The van der Waals surface area contributed by atoms with Crippen molar-refractivity contribution in [1.29, 1.82) is 0 Å². The van der Waals surface area contributed by atoms with Gasteiger partial charge in [0, 0.05) is 19.6 Å². The summed E-state index contributed by atoms with van der Waals surface area (Å²) in [7, 11) is 3.93. The normalized spacial score (nSPS) is 12.6. The third-order valence-electron chi connectivity index (χ3n) is 2.73. The van der Waals surface area contributed by atoms with E-state index in [0.29, 0.717) is 13.1 Å². The Bertz CT molecular complexity index is 449. The highest BCUT2D eigenvalue weighted by Crippen LogP contribution is 2.32. The van der Waals surface area contributed by atoms with Crippen LogP contribution in [0.1, 0.15) is 5.56 Å². The van der Waals surface area contributed by atoms with Crippen molar-refractivity contribution >= 4 is 6.03 Å². The number of hydrogen-bond donors (Lipinski definition) is 2. The largest absolute Gasteiger partial charge is 0.454 e. The summed E-state index contributed by atoms with van der Waals surface area (Å²) in [5.41, 5.74) is 0.979. The highest BCUT2D eigenvalue weighted by molar-refractivity contribution is 5.73. The topological polar surface area (TPSA) is 62.8 Å². The summed E-state index contributed by atoms with van der Waals surface area (Å²) in [5.74, 6) is 1.48. The summed E-state index contributed by atoms with van der Waals surface area (Å²) < 4.78 is 10.5. The van der Waals surface area contributed by atoms with Gasteiger partial charge in [-0.05, 0) is 31.8 Å². The lowest BCUT2D eigenvalue weighted by atomic mass is 10.2. The molecule has 6 heteroatoms. The SMILES string of the molecule is CN(C)CCNC(=O)NCc1ccc2c(c1)OCO2. The number of benzene rings is 1. The van der Waals surface area contributed by atoms with Crippen LogP contribution in [0.15, 0.2) is 18.2 Å². The predicted molar refractivity (Wildman–Crippen MR) is 71.4 cm³/mol. The molecule has 1 heterocycles. The summed E-state index contributed by atoms with van der Waals surface area (Å²) in [6, 6.07) is 5.47. The number of carbonyl (C=O) groups excluding carboxylic acids is 1. The third-order valence-corrected chi connectivity index (χ3v) is 2.73. The molecule has 0 fully saturated rings. The fourth-order valence-corrected chi connectivity index (χ4v) is 1.69. The van der Waals surface area contributed by atoms with Gasteiger partial charge in [0.25, 0.3) is 0 Å². The van der Waals surface area contributed by atoms with Crippen LogP contribution in [0.4, 0.5) is 4.79 Å². The first-order valence-corrected chi connectivity index (χ1v) is 6.20. The molecule has 2 rings (SSSR count). The van der Waals surface area contributed by atoms with Crippen LogP contribution in [0.3, 0.4) is 0 Å². The average Bonchev–Trinajstić information content (AvgIpc) is 2.83. The lowest BCUT2D eigenvalue weighted by molar-refractivity contribution is 0.174. The zero-order valence-corrected chi connectivity index (χ0v) is 11.2. The molecule has 0 radical (unpaired) electrons. The first-order chi connectivity index (χ1) is 9.15. The summed E-state index contributed by atoms with van der Waals surface area (Å²) in [4.78, 5) is 13.5. The zero-order chi connectivity index (χ0) is 13.7. The second kappa shape index (κ2) is 6.29. The highest BCUT2D eigenvalue weighted by Gasteiger charge is 2.13. The number of rotatable bonds is 5. The summed E-state index contributed by atoms with van der Waals surface area (Å²) in [6.07, 6.45) is 0. The molecular formula is C13H19N3O3. The minimum atomic E-state index is -0.167. The monoisotopic (exact) mass is 265 g/mol. The molecule has 0 unspecified atom stereocenters. The molecule has 1 aromatic carbocycles. The quantitative estimate of drug-likeness (QED) is 0.825. The molecule has 0 atom stereocenters. The minimum absolute atomic E-state index is 0.167. The van der Waals surface area contributed by atoms with Crippen LogP contribution in [0.2, 0.25) is 0 Å². The first kappa shape index (κ1) is 13.5. The van der Waals surface area contributed by atoms with Gasteiger partial charge < -0.3 is 25.0 Å². The van der Waals surface area contributed by atoms with Gasteiger partial charge in [-0.15, -0.1) is 0 Å². The summed E-state index contributed by atoms with van der Waals surface area (Å²) in [6.45, 7) is 2.17. The third kappa shape index (κ3) is 4.03. The number of nitrogens with one attached hydrogen (secondary N) is 2. The van der Waals surface area contributed by atoms with Gasteiger partial charge in [0.05, 0.1) is 0 Å². The van der Waals surface area contributed by atoms with Crippen LogP contribution in [-0.2, 0) is 6.54 Å². The van der Waals surface area contributed by atoms with Crippen LogP contribution in [0.25, 0.3) is 0 Å². The highest BCUT2D eigenvalue weighted by atomic mass is 16.7. The van der Waals surface area contributed by atoms with E-state index in [9.17, 15) is 4.79 Å². The minimum Gasteiger partial charge on any atom is -0.454 e. The van der Waals surface area contributed by atoms with Crippen molar-refractivity contribution < 1.29 is 14.3 Å². The lowest BCUT2D eigenvalue weighted by Crippen LogP contribution is -2.38. The van der Waals surface area contributed by atoms with Crippen molar-refractivity contribution in [3.05, 3.63) is 23.8 Å². The Morgan fingerprint density at radius 1 is 1.26 bits per heavy atom. The van der Waals surface area contributed by atoms with Crippen LogP contribution >= 0.6 is 0 Å². The Kier molecular flexibility index (Phi) is 4.46. The molecule has 2 N–H and O–H groups in total. The van der Waals surface area contributed by atoms with E-state index in [1.165, 1.54) is 0 Å². The van der Waals surface area contributed by atoms with Crippen LogP contribution in [-0.4, -0.2) is 44.9 Å². The Morgan fingerprint density at radius 3 is 2.84 bits per heavy atom. The van der Waals surface area contributed by atoms with E-state index in [2.05, 4.69) is 10.6 Å². The van der Waals surface area contributed by atoms with Crippen molar-refractivity contribution in [2.75, 3.05) is 34.0 Å². The molecule has 0 saturated carbocycles. The van der Waals surface area contributed by atoms with Crippen LogP contribution in [0.5, 0.6) is 11.5 Å². The van der Waals surface area contributed by atoms with Crippen molar-refractivity contribution in [2.45, 2.75) is 6.54 Å². The van der Waals surface area contributed by atoms with Crippen molar-refractivity contribution in [3.8, 4) is 11.5 Å². The molecule has 19 heavy (non-hydrogen) atoms. The van der Waals surface area contributed by atoms with Gasteiger partial charge in [-0.3, -0.25) is 0 Å². The Labute approximate surface area is 112 Å². The number of hydrogen-bond acceptors (Lipinski definition) is 4. The molecule has 0 bridgehead atoms. The first-order valence-electron chi connectivity index (χ1n) is 6.20. The molecule has 1 aromatic rings. The number of carbonyl (C=O) groups is 1. The molecule has 1 aliphatic rings. The summed E-state index contributed by atoms with van der Waals surface area (Å²) in [5, 5.41) is 5.59. The number of nitrogens with zero attached hydrogens (tertiary/aromatic N) is 1. The van der Waals surface area contributed by atoms with Gasteiger partial charge in [0.15, 0.2) is 11.5 Å². The van der Waals surface area contributed by atoms with Crippen LogP contribution < -0.4 is 20.1 Å². The molecule has 2 amide bonds. The number of urea groups is 1. The Hall–Kier alpha value is -1.95. The van der Waals surface area contributed by atoms with Gasteiger partial charge in [-0.1, -0.05) is 6.07 Å². The number of fused-ring (bicyclic) bond motifs is 1. The second-order valence-electron chi connectivity index (χ2n) is 4.60. The summed E-state index contributed by atoms with van der Waals surface area (Å²) >= 11 is 0. The number of ether oxygens (including phenoxy) is 2. The maximum Gasteiger partial charge on any atom is 0.315 e. The van der Waals surface area contributed by atoms with E-state index in [1.54, 1.807) is 0 Å². The average molecular weight is 265 g/mol. The van der Waals surface area contributed by atoms with E-state index >= 15 is 0 Å². The van der Waals surface area contributed by atoms with Gasteiger partial charge in [-0.25, -0.2) is 4.79 Å². The van der Waals surface area contributed by atoms with Crippen LogP contribution in [0, 0.1) is 0 Å². The second-order valence-corrected chi connectivity index (χ2v) is 4.60. The Morgan fingerprint density at radius 2 is 2.05 bits per heavy atom. The van der Waals surface area contributed by atoms with Crippen molar-refractivity contribution in [3.63, 3.8) is 0 Å². The zero-order valence-electron chi connectivity index (χ0n) is 11.2. The van der Waals surface area contributed by atoms with Gasteiger partial charge in [-0.2, -0.15) is 0 Å².